The van der Waals surface area contributed by atoms with E-state index in [9.17, 15) is 10.2 Å². The van der Waals surface area contributed by atoms with E-state index in [1.807, 2.05) is 24.3 Å². The number of nitrogens with zero attached hydrogens (tertiary/aromatic N) is 1. The lowest BCUT2D eigenvalue weighted by atomic mass is 9.83. The number of aryl methyl sites for hydroxylation is 2. The summed E-state index contributed by atoms with van der Waals surface area (Å²) in [6, 6.07) is 14.2. The molecule has 0 saturated carbocycles. The average molecular weight is 367 g/mol. The molecule has 1 fully saturated rings. The van der Waals surface area contributed by atoms with Crippen LogP contribution in [0.3, 0.4) is 0 Å². The van der Waals surface area contributed by atoms with Crippen LogP contribution >= 0.6 is 0 Å². The summed E-state index contributed by atoms with van der Waals surface area (Å²) in [5.74, 6) is 0.742. The molecule has 1 atom stereocenters. The molecule has 2 aliphatic rings. The van der Waals surface area contributed by atoms with Gasteiger partial charge in [-0.25, -0.2) is 0 Å². The molecule has 0 radical (unpaired) electrons. The summed E-state index contributed by atoms with van der Waals surface area (Å²) in [5, 5.41) is 21.9. The molecule has 0 aromatic heterocycles. The molecule has 0 amide bonds. The van der Waals surface area contributed by atoms with Gasteiger partial charge in [-0.3, -0.25) is 0 Å². The predicted octanol–water partition coefficient (Wildman–Crippen LogP) is 3.20. The van der Waals surface area contributed by atoms with Crippen molar-refractivity contribution in [3.8, 4) is 5.75 Å². The van der Waals surface area contributed by atoms with Gasteiger partial charge in [0.05, 0.1) is 18.8 Å². The lowest BCUT2D eigenvalue weighted by Crippen LogP contribution is -2.44. The van der Waals surface area contributed by atoms with Crippen molar-refractivity contribution in [3.05, 3.63) is 64.7 Å². The van der Waals surface area contributed by atoms with Gasteiger partial charge in [-0.1, -0.05) is 36.4 Å². The van der Waals surface area contributed by atoms with Crippen molar-refractivity contribution in [3.63, 3.8) is 0 Å². The predicted molar refractivity (Wildman–Crippen MR) is 106 cm³/mol. The van der Waals surface area contributed by atoms with Crippen LogP contribution in [0.15, 0.2) is 42.5 Å². The summed E-state index contributed by atoms with van der Waals surface area (Å²) in [6.45, 7) is 2.13. The maximum Gasteiger partial charge on any atom is 0.124 e. The smallest absolute Gasteiger partial charge is 0.124 e. The minimum absolute atomic E-state index is 0.478. The zero-order chi connectivity index (χ0) is 18.9. The van der Waals surface area contributed by atoms with Gasteiger partial charge in [-0.05, 0) is 54.9 Å². The summed E-state index contributed by atoms with van der Waals surface area (Å²) in [5.41, 5.74) is 3.86. The molecular weight excluding hydrogens is 338 g/mol. The number of rotatable bonds is 5. The number of aliphatic hydroxyl groups excluding tert-OH is 1. The molecule has 144 valence electrons. The van der Waals surface area contributed by atoms with Crippen molar-refractivity contribution in [1.29, 1.82) is 0 Å². The van der Waals surface area contributed by atoms with E-state index in [0.29, 0.717) is 19.4 Å². The maximum atomic E-state index is 11.2. The van der Waals surface area contributed by atoms with Crippen LogP contribution in [-0.4, -0.2) is 41.9 Å². The Morgan fingerprint density at radius 3 is 2.59 bits per heavy atom. The van der Waals surface area contributed by atoms with Crippen LogP contribution in [-0.2, 0) is 18.4 Å². The second-order valence-corrected chi connectivity index (χ2v) is 7.93. The molecule has 2 aromatic carbocycles. The summed E-state index contributed by atoms with van der Waals surface area (Å²) in [7, 11) is 1.64. The first-order valence-electron chi connectivity index (χ1n) is 9.97. The Morgan fingerprint density at radius 1 is 1.07 bits per heavy atom. The van der Waals surface area contributed by atoms with Crippen LogP contribution in [0.25, 0.3) is 0 Å². The zero-order valence-corrected chi connectivity index (χ0v) is 16.0. The second-order valence-electron chi connectivity index (χ2n) is 7.93. The number of benzene rings is 2. The lowest BCUT2D eigenvalue weighted by molar-refractivity contribution is -0.0358. The number of hydrogen-bond acceptors (Lipinski definition) is 4. The first-order valence-corrected chi connectivity index (χ1v) is 9.97. The van der Waals surface area contributed by atoms with Crippen LogP contribution < -0.4 is 4.74 Å². The highest BCUT2D eigenvalue weighted by Gasteiger charge is 2.36. The van der Waals surface area contributed by atoms with E-state index in [4.69, 9.17) is 4.74 Å². The number of likely N-dealkylation sites (tertiary alicyclic amines) is 1. The quantitative estimate of drug-likeness (QED) is 0.852. The Balaban J connectivity index is 1.39. The standard InChI is InChI=1S/C23H29NO3/c1-27-22-8-3-2-7-20(22)23(26)11-13-24(14-12-23)16-21(25)19-10-9-17-5-4-6-18(17)15-19/h2-3,7-10,15,21,25-26H,4-6,11-14,16H2,1H3/t21-/m0/s1. The van der Waals surface area contributed by atoms with E-state index >= 15 is 0 Å². The number of methoxy groups -OCH3 is 1. The molecule has 27 heavy (non-hydrogen) atoms. The Morgan fingerprint density at radius 2 is 1.81 bits per heavy atom. The Bertz CT molecular complexity index is 796. The van der Waals surface area contributed by atoms with Gasteiger partial charge in [-0.2, -0.15) is 0 Å². The van der Waals surface area contributed by atoms with Gasteiger partial charge in [-0.15, -0.1) is 0 Å². The molecule has 0 bridgehead atoms. The fraction of sp³-hybridized carbons (Fsp3) is 0.478. The van der Waals surface area contributed by atoms with Crippen molar-refractivity contribution < 1.29 is 14.9 Å². The second kappa shape index (κ2) is 7.63. The maximum absolute atomic E-state index is 11.2. The van der Waals surface area contributed by atoms with Gasteiger partial charge >= 0.3 is 0 Å². The van der Waals surface area contributed by atoms with Crippen LogP contribution in [0, 0.1) is 0 Å². The molecule has 1 heterocycles. The first kappa shape index (κ1) is 18.5. The highest BCUT2D eigenvalue weighted by molar-refractivity contribution is 5.38. The SMILES string of the molecule is COc1ccccc1C1(O)CCN(C[C@H](O)c2ccc3c(c2)CCC3)CC1. The Kier molecular flexibility index (Phi) is 5.22. The zero-order valence-electron chi connectivity index (χ0n) is 16.0. The van der Waals surface area contributed by atoms with E-state index in [1.165, 1.54) is 24.0 Å². The lowest BCUT2D eigenvalue weighted by Gasteiger charge is -2.39. The number of piperidine rings is 1. The summed E-state index contributed by atoms with van der Waals surface area (Å²) >= 11 is 0. The average Bonchev–Trinajstić information content (AvgIpc) is 3.17. The Labute approximate surface area is 161 Å². The number of fused-ring (bicyclic) bond motifs is 1. The van der Waals surface area contributed by atoms with Gasteiger partial charge in [0.15, 0.2) is 0 Å². The normalized spacial score (nSPS) is 20.3. The molecule has 0 spiro atoms. The van der Waals surface area contributed by atoms with E-state index in [1.54, 1.807) is 7.11 Å². The summed E-state index contributed by atoms with van der Waals surface area (Å²) < 4.78 is 5.44. The number of ether oxygens (including phenoxy) is 1. The molecule has 1 aliphatic heterocycles. The van der Waals surface area contributed by atoms with Crippen molar-refractivity contribution in [2.24, 2.45) is 0 Å². The fourth-order valence-corrected chi connectivity index (χ4v) is 4.55. The number of hydrogen-bond donors (Lipinski definition) is 2. The van der Waals surface area contributed by atoms with E-state index in [2.05, 4.69) is 23.1 Å². The minimum atomic E-state index is -0.859. The van der Waals surface area contributed by atoms with Crippen molar-refractivity contribution in [2.75, 3.05) is 26.7 Å². The molecule has 2 N–H and O–H groups in total. The number of aliphatic hydroxyl groups is 2. The van der Waals surface area contributed by atoms with Gasteiger partial charge in [0, 0.05) is 25.2 Å². The third kappa shape index (κ3) is 3.75. The monoisotopic (exact) mass is 367 g/mol. The largest absolute Gasteiger partial charge is 0.496 e. The fourth-order valence-electron chi connectivity index (χ4n) is 4.55. The third-order valence-electron chi connectivity index (χ3n) is 6.23. The van der Waals surface area contributed by atoms with Gasteiger partial charge in [0.1, 0.15) is 5.75 Å². The Hall–Kier alpha value is -1.88. The first-order chi connectivity index (χ1) is 13.1. The highest BCUT2D eigenvalue weighted by Crippen LogP contribution is 2.38. The molecule has 0 unspecified atom stereocenters. The molecule has 4 nitrogen and oxygen atoms in total. The van der Waals surface area contributed by atoms with Crippen molar-refractivity contribution in [1.82, 2.24) is 4.90 Å². The molecule has 4 heteroatoms. The third-order valence-corrected chi connectivity index (χ3v) is 6.23. The molecule has 1 aliphatic carbocycles. The molecule has 4 rings (SSSR count). The molecular formula is C23H29NO3. The number of para-hydroxylation sites is 1. The van der Waals surface area contributed by atoms with Crippen LogP contribution in [0.2, 0.25) is 0 Å². The van der Waals surface area contributed by atoms with E-state index in [0.717, 1.165) is 36.4 Å². The van der Waals surface area contributed by atoms with Crippen molar-refractivity contribution >= 4 is 0 Å². The summed E-state index contributed by atoms with van der Waals surface area (Å²) in [4.78, 5) is 2.25. The van der Waals surface area contributed by atoms with Gasteiger partial charge in [0.2, 0.25) is 0 Å². The van der Waals surface area contributed by atoms with Crippen LogP contribution in [0.1, 0.15) is 47.6 Å². The van der Waals surface area contributed by atoms with Crippen LogP contribution in [0.4, 0.5) is 0 Å². The molecule has 1 saturated heterocycles. The van der Waals surface area contributed by atoms with Gasteiger partial charge in [0.25, 0.3) is 0 Å². The van der Waals surface area contributed by atoms with E-state index < -0.39 is 11.7 Å². The van der Waals surface area contributed by atoms with Crippen LogP contribution in [0.5, 0.6) is 5.75 Å². The summed E-state index contributed by atoms with van der Waals surface area (Å²) in [6.07, 6.45) is 4.33. The van der Waals surface area contributed by atoms with Gasteiger partial charge < -0.3 is 19.8 Å². The number of β-amino-alcohol motifs (C(OH)–C–C–N with tert-alkyl or cyclic N) is 1. The van der Waals surface area contributed by atoms with E-state index in [-0.39, 0.29) is 0 Å². The van der Waals surface area contributed by atoms with Crippen molar-refractivity contribution in [2.45, 2.75) is 43.8 Å². The molecule has 2 aromatic rings. The topological polar surface area (TPSA) is 52.9 Å². The minimum Gasteiger partial charge on any atom is -0.496 e. The highest BCUT2D eigenvalue weighted by atomic mass is 16.5.